The molecule has 0 aliphatic carbocycles. The number of nitrogens with one attached hydrogen (secondary N) is 2. The van der Waals surface area contributed by atoms with Gasteiger partial charge in [-0.15, -0.1) is 11.3 Å². The number of hydrogen-bond donors (Lipinski definition) is 2. The number of fused-ring (bicyclic) bond motifs is 1. The van der Waals surface area contributed by atoms with Gasteiger partial charge in [0.15, 0.2) is 0 Å². The van der Waals surface area contributed by atoms with Gasteiger partial charge in [0, 0.05) is 22.7 Å². The molecule has 104 valence electrons. The highest BCUT2D eigenvalue weighted by Gasteiger charge is 2.22. The Morgan fingerprint density at radius 1 is 1.53 bits per heavy atom. The van der Waals surface area contributed by atoms with E-state index in [-0.39, 0.29) is 5.91 Å². The summed E-state index contributed by atoms with van der Waals surface area (Å²) in [6, 6.07) is 2.94. The summed E-state index contributed by atoms with van der Waals surface area (Å²) in [4.78, 5) is 14.6. The molecule has 2 unspecified atom stereocenters. The van der Waals surface area contributed by atoms with Crippen LogP contribution in [0.3, 0.4) is 0 Å². The molecule has 2 aliphatic heterocycles. The molecule has 1 aromatic heterocycles. The third-order valence-electron chi connectivity index (χ3n) is 3.81. The van der Waals surface area contributed by atoms with Crippen molar-refractivity contribution in [3.63, 3.8) is 0 Å². The molecule has 1 saturated heterocycles. The number of aryl methyl sites for hydroxylation is 1. The first-order valence-corrected chi connectivity index (χ1v) is 8.93. The van der Waals surface area contributed by atoms with Gasteiger partial charge in [0.2, 0.25) is 0 Å². The number of amides is 1. The Kier molecular flexibility index (Phi) is 4.15. The highest BCUT2D eigenvalue weighted by molar-refractivity contribution is 7.98. The van der Waals surface area contributed by atoms with Gasteiger partial charge in [-0.1, -0.05) is 0 Å². The Balaban J connectivity index is 1.65. The van der Waals surface area contributed by atoms with E-state index in [4.69, 9.17) is 0 Å². The predicted octanol–water partition coefficient (Wildman–Crippen LogP) is 2.41. The highest BCUT2D eigenvalue weighted by Crippen LogP contribution is 2.31. The molecule has 0 saturated carbocycles. The first-order valence-electron chi connectivity index (χ1n) is 6.96. The van der Waals surface area contributed by atoms with Gasteiger partial charge in [-0.05, 0) is 50.1 Å². The maximum Gasteiger partial charge on any atom is 0.261 e. The van der Waals surface area contributed by atoms with Crippen molar-refractivity contribution in [2.75, 3.05) is 12.3 Å². The van der Waals surface area contributed by atoms with E-state index < -0.39 is 0 Å². The molecule has 3 heterocycles. The van der Waals surface area contributed by atoms with Crippen LogP contribution in [0.5, 0.6) is 0 Å². The third kappa shape index (κ3) is 3.15. The zero-order chi connectivity index (χ0) is 13.2. The molecule has 19 heavy (non-hydrogen) atoms. The molecular formula is C14H20N2OS2. The minimum absolute atomic E-state index is 0.128. The van der Waals surface area contributed by atoms with Gasteiger partial charge in [0.25, 0.3) is 5.91 Å². The van der Waals surface area contributed by atoms with Crippen molar-refractivity contribution in [1.82, 2.24) is 10.6 Å². The number of rotatable bonds is 2. The number of thiophene rings is 1. The largest absolute Gasteiger partial charge is 0.349 e. The van der Waals surface area contributed by atoms with Gasteiger partial charge < -0.3 is 10.6 Å². The second-order valence-corrected chi connectivity index (χ2v) is 7.65. The summed E-state index contributed by atoms with van der Waals surface area (Å²) in [6.07, 6.45) is 3.20. The number of carbonyl (C=O) groups is 1. The monoisotopic (exact) mass is 296 g/mol. The lowest BCUT2D eigenvalue weighted by atomic mass is 10.0. The standard InChI is InChI=1S/C14H20N2OS2/c1-9-6-11(2-4-15-9)16-14(17)13-7-10-8-18-5-3-12(10)19-13/h7,9,11,15H,2-6,8H2,1H3,(H,16,17). The third-order valence-corrected chi connectivity index (χ3v) is 6.05. The fourth-order valence-electron chi connectivity index (χ4n) is 2.78. The summed E-state index contributed by atoms with van der Waals surface area (Å²) in [6.45, 7) is 3.18. The molecule has 0 aromatic carbocycles. The van der Waals surface area contributed by atoms with Crippen molar-refractivity contribution >= 4 is 29.0 Å². The zero-order valence-electron chi connectivity index (χ0n) is 11.2. The van der Waals surface area contributed by atoms with Crippen molar-refractivity contribution in [3.8, 4) is 0 Å². The molecule has 1 aromatic rings. The van der Waals surface area contributed by atoms with E-state index in [0.29, 0.717) is 12.1 Å². The molecule has 0 bridgehead atoms. The van der Waals surface area contributed by atoms with E-state index in [1.165, 1.54) is 16.2 Å². The lowest BCUT2D eigenvalue weighted by Crippen LogP contribution is -2.46. The summed E-state index contributed by atoms with van der Waals surface area (Å²) >= 11 is 3.66. The lowest BCUT2D eigenvalue weighted by molar-refractivity contribution is 0.0930. The first kappa shape index (κ1) is 13.5. The number of thioether (sulfide) groups is 1. The van der Waals surface area contributed by atoms with E-state index in [1.807, 2.05) is 11.8 Å². The summed E-state index contributed by atoms with van der Waals surface area (Å²) in [5.74, 6) is 2.40. The maximum atomic E-state index is 12.3. The summed E-state index contributed by atoms with van der Waals surface area (Å²) in [7, 11) is 0. The van der Waals surface area contributed by atoms with Gasteiger partial charge in [0.05, 0.1) is 4.88 Å². The molecule has 2 N–H and O–H groups in total. The first-order chi connectivity index (χ1) is 9.22. The Morgan fingerprint density at radius 2 is 2.42 bits per heavy atom. The van der Waals surface area contributed by atoms with E-state index in [9.17, 15) is 4.79 Å². The smallest absolute Gasteiger partial charge is 0.261 e. The van der Waals surface area contributed by atoms with Crippen LogP contribution < -0.4 is 10.6 Å². The van der Waals surface area contributed by atoms with E-state index in [2.05, 4.69) is 23.6 Å². The Hall–Kier alpha value is -0.520. The quantitative estimate of drug-likeness (QED) is 0.880. The molecule has 0 spiro atoms. The SMILES string of the molecule is CC1CC(NC(=O)c2cc3c(s2)CCSC3)CCN1. The molecule has 0 radical (unpaired) electrons. The van der Waals surface area contributed by atoms with E-state index >= 15 is 0 Å². The Morgan fingerprint density at radius 3 is 3.21 bits per heavy atom. The molecule has 3 rings (SSSR count). The van der Waals surface area contributed by atoms with Crippen molar-refractivity contribution in [1.29, 1.82) is 0 Å². The van der Waals surface area contributed by atoms with E-state index in [0.717, 1.165) is 36.4 Å². The van der Waals surface area contributed by atoms with Crippen molar-refractivity contribution < 1.29 is 4.79 Å². The van der Waals surface area contributed by atoms with Crippen molar-refractivity contribution in [2.45, 2.75) is 44.0 Å². The molecule has 5 heteroatoms. The minimum Gasteiger partial charge on any atom is -0.349 e. The lowest BCUT2D eigenvalue weighted by Gasteiger charge is -2.28. The molecular weight excluding hydrogens is 276 g/mol. The van der Waals surface area contributed by atoms with Crippen LogP contribution in [-0.4, -0.2) is 30.3 Å². The number of hydrogen-bond acceptors (Lipinski definition) is 4. The number of piperidine rings is 1. The summed E-state index contributed by atoms with van der Waals surface area (Å²) in [5.41, 5.74) is 1.38. The van der Waals surface area contributed by atoms with Crippen LogP contribution in [-0.2, 0) is 12.2 Å². The molecule has 1 amide bonds. The normalized spacial score (nSPS) is 26.8. The summed E-state index contributed by atoms with van der Waals surface area (Å²) < 4.78 is 0. The number of carbonyl (C=O) groups excluding carboxylic acids is 1. The van der Waals surface area contributed by atoms with E-state index in [1.54, 1.807) is 11.3 Å². The Labute approximate surface area is 122 Å². The fraction of sp³-hybridized carbons (Fsp3) is 0.643. The minimum atomic E-state index is 0.128. The topological polar surface area (TPSA) is 41.1 Å². The van der Waals surface area contributed by atoms with Crippen LogP contribution in [0.4, 0.5) is 0 Å². The fourth-order valence-corrected chi connectivity index (χ4v) is 5.05. The molecule has 1 fully saturated rings. The van der Waals surface area contributed by atoms with Gasteiger partial charge in [-0.25, -0.2) is 0 Å². The molecule has 2 aliphatic rings. The molecule has 3 nitrogen and oxygen atoms in total. The average Bonchev–Trinajstić information content (AvgIpc) is 2.82. The van der Waals surface area contributed by atoms with Crippen LogP contribution in [0.1, 0.15) is 39.9 Å². The van der Waals surface area contributed by atoms with Gasteiger partial charge in [-0.2, -0.15) is 11.8 Å². The molecule has 2 atom stereocenters. The van der Waals surface area contributed by atoms with Crippen molar-refractivity contribution in [2.24, 2.45) is 0 Å². The van der Waals surface area contributed by atoms with Crippen LogP contribution in [0.2, 0.25) is 0 Å². The van der Waals surface area contributed by atoms with Crippen LogP contribution in [0.25, 0.3) is 0 Å². The van der Waals surface area contributed by atoms with Gasteiger partial charge in [0.1, 0.15) is 0 Å². The predicted molar refractivity (Wildman–Crippen MR) is 82.1 cm³/mol. The Bertz CT molecular complexity index is 449. The summed E-state index contributed by atoms with van der Waals surface area (Å²) in [5, 5.41) is 6.61. The van der Waals surface area contributed by atoms with Crippen LogP contribution >= 0.6 is 23.1 Å². The highest BCUT2D eigenvalue weighted by atomic mass is 32.2. The van der Waals surface area contributed by atoms with Gasteiger partial charge >= 0.3 is 0 Å². The second-order valence-electron chi connectivity index (χ2n) is 5.41. The van der Waals surface area contributed by atoms with Crippen molar-refractivity contribution in [3.05, 3.63) is 21.4 Å². The maximum absolute atomic E-state index is 12.3. The van der Waals surface area contributed by atoms with Crippen LogP contribution in [0, 0.1) is 0 Å². The zero-order valence-corrected chi connectivity index (χ0v) is 12.8. The van der Waals surface area contributed by atoms with Gasteiger partial charge in [-0.3, -0.25) is 4.79 Å². The van der Waals surface area contributed by atoms with Crippen LogP contribution in [0.15, 0.2) is 6.07 Å². The average molecular weight is 296 g/mol. The second kappa shape index (κ2) is 5.85.